The summed E-state index contributed by atoms with van der Waals surface area (Å²) in [7, 11) is 3.80. The molecule has 130 valence electrons. The maximum Gasteiger partial charge on any atom is 0.122 e. The summed E-state index contributed by atoms with van der Waals surface area (Å²) in [5.41, 5.74) is 1.84. The smallest absolute Gasteiger partial charge is 0.122 e. The van der Waals surface area contributed by atoms with Crippen LogP contribution in [0.15, 0.2) is 73.3 Å². The second kappa shape index (κ2) is 9.63. The van der Waals surface area contributed by atoms with Crippen molar-refractivity contribution in [3.8, 4) is 0 Å². The SMILES string of the molecule is C=CCC(NC)C(C)C(OC)(c1ccccc1)c1ccccc1.Cl. The van der Waals surface area contributed by atoms with E-state index in [1.54, 1.807) is 7.11 Å². The molecule has 0 aromatic heterocycles. The molecule has 2 nitrogen and oxygen atoms in total. The molecule has 2 unspecified atom stereocenters. The summed E-state index contributed by atoms with van der Waals surface area (Å²) in [6.07, 6.45) is 2.86. The summed E-state index contributed by atoms with van der Waals surface area (Å²) in [6, 6.07) is 21.2. The van der Waals surface area contributed by atoms with Gasteiger partial charge in [-0.3, -0.25) is 0 Å². The van der Waals surface area contributed by atoms with E-state index < -0.39 is 5.60 Å². The molecule has 0 fully saturated rings. The maximum absolute atomic E-state index is 6.23. The van der Waals surface area contributed by atoms with Gasteiger partial charge in [-0.05, 0) is 24.6 Å². The van der Waals surface area contributed by atoms with Gasteiger partial charge in [0.15, 0.2) is 0 Å². The molecule has 0 saturated heterocycles. The predicted molar refractivity (Wildman–Crippen MR) is 105 cm³/mol. The first-order valence-electron chi connectivity index (χ1n) is 8.15. The molecule has 0 bridgehead atoms. The van der Waals surface area contributed by atoms with E-state index in [1.807, 2.05) is 25.3 Å². The fourth-order valence-electron chi connectivity index (χ4n) is 3.52. The van der Waals surface area contributed by atoms with Crippen molar-refractivity contribution in [2.45, 2.75) is 25.0 Å². The molecule has 0 amide bonds. The number of benzene rings is 2. The molecule has 0 spiro atoms. The van der Waals surface area contributed by atoms with Crippen molar-refractivity contribution in [1.29, 1.82) is 0 Å². The lowest BCUT2D eigenvalue weighted by molar-refractivity contribution is -0.0350. The van der Waals surface area contributed by atoms with Crippen LogP contribution in [0.1, 0.15) is 24.5 Å². The number of nitrogens with one attached hydrogen (secondary N) is 1. The van der Waals surface area contributed by atoms with Crippen LogP contribution in [0.25, 0.3) is 0 Å². The topological polar surface area (TPSA) is 21.3 Å². The highest BCUT2D eigenvalue weighted by molar-refractivity contribution is 5.85. The van der Waals surface area contributed by atoms with E-state index >= 15 is 0 Å². The molecule has 0 aliphatic heterocycles. The molecule has 2 atom stereocenters. The van der Waals surface area contributed by atoms with Gasteiger partial charge in [0.05, 0.1) is 0 Å². The van der Waals surface area contributed by atoms with Crippen molar-refractivity contribution in [1.82, 2.24) is 5.32 Å². The number of rotatable bonds is 8. The van der Waals surface area contributed by atoms with E-state index in [0.717, 1.165) is 6.42 Å². The van der Waals surface area contributed by atoms with Crippen LogP contribution in [0.2, 0.25) is 0 Å². The Morgan fingerprint density at radius 1 is 1.04 bits per heavy atom. The lowest BCUT2D eigenvalue weighted by atomic mass is 9.73. The highest BCUT2D eigenvalue weighted by Gasteiger charge is 2.42. The Balaban J connectivity index is 0.00000288. The Kier molecular flexibility index (Phi) is 8.20. The number of methoxy groups -OCH3 is 1. The molecule has 2 rings (SSSR count). The Morgan fingerprint density at radius 2 is 1.50 bits per heavy atom. The first-order chi connectivity index (χ1) is 11.2. The van der Waals surface area contributed by atoms with Crippen molar-refractivity contribution in [3.05, 3.63) is 84.4 Å². The maximum atomic E-state index is 6.23. The average Bonchev–Trinajstić information content (AvgIpc) is 2.62. The van der Waals surface area contributed by atoms with Crippen LogP contribution in [0.3, 0.4) is 0 Å². The third-order valence-corrected chi connectivity index (χ3v) is 4.76. The molecule has 0 aliphatic rings. The van der Waals surface area contributed by atoms with Crippen molar-refractivity contribution in [2.24, 2.45) is 5.92 Å². The van der Waals surface area contributed by atoms with E-state index in [9.17, 15) is 0 Å². The van der Waals surface area contributed by atoms with Crippen molar-refractivity contribution < 1.29 is 4.74 Å². The van der Waals surface area contributed by atoms with Crippen molar-refractivity contribution >= 4 is 12.4 Å². The molecule has 0 aliphatic carbocycles. The minimum atomic E-state index is -0.501. The van der Waals surface area contributed by atoms with Crippen LogP contribution in [-0.4, -0.2) is 20.2 Å². The summed E-state index contributed by atoms with van der Waals surface area (Å²) >= 11 is 0. The number of hydrogen-bond acceptors (Lipinski definition) is 2. The Labute approximate surface area is 152 Å². The summed E-state index contributed by atoms with van der Waals surface area (Å²) in [6.45, 7) is 6.15. The van der Waals surface area contributed by atoms with Gasteiger partial charge >= 0.3 is 0 Å². The fourth-order valence-corrected chi connectivity index (χ4v) is 3.52. The number of halogens is 1. The zero-order valence-electron chi connectivity index (χ0n) is 14.7. The van der Waals surface area contributed by atoms with Crippen LogP contribution in [0.4, 0.5) is 0 Å². The van der Waals surface area contributed by atoms with E-state index in [1.165, 1.54) is 11.1 Å². The van der Waals surface area contributed by atoms with E-state index in [0.29, 0.717) is 0 Å². The molecule has 0 heterocycles. The van der Waals surface area contributed by atoms with E-state index in [-0.39, 0.29) is 24.4 Å². The Hall–Kier alpha value is -1.61. The van der Waals surface area contributed by atoms with Crippen LogP contribution in [0.5, 0.6) is 0 Å². The second-order valence-corrected chi connectivity index (χ2v) is 5.88. The normalized spacial score (nSPS) is 13.6. The largest absolute Gasteiger partial charge is 0.368 e. The van der Waals surface area contributed by atoms with Gasteiger partial charge in [0, 0.05) is 19.1 Å². The third kappa shape index (κ3) is 3.89. The standard InChI is InChI=1S/C21H27NO.ClH/c1-5-12-20(22-3)17(2)21(23-4,18-13-8-6-9-14-18)19-15-10-7-11-16-19;/h5-11,13-17,20,22H,1,12H2,2-4H3;1H. The molecule has 24 heavy (non-hydrogen) atoms. The minimum Gasteiger partial charge on any atom is -0.368 e. The van der Waals surface area contributed by atoms with Gasteiger partial charge in [0.1, 0.15) is 5.60 Å². The highest BCUT2D eigenvalue weighted by atomic mass is 35.5. The lowest BCUT2D eigenvalue weighted by Gasteiger charge is -2.42. The van der Waals surface area contributed by atoms with Crippen LogP contribution >= 0.6 is 12.4 Å². The van der Waals surface area contributed by atoms with Crippen LogP contribution in [0, 0.1) is 5.92 Å². The van der Waals surface area contributed by atoms with Crippen LogP contribution < -0.4 is 5.32 Å². The first kappa shape index (κ1) is 20.4. The molecular formula is C21H28ClNO. The van der Waals surface area contributed by atoms with Gasteiger partial charge in [-0.25, -0.2) is 0 Å². The van der Waals surface area contributed by atoms with Gasteiger partial charge in [-0.2, -0.15) is 0 Å². The zero-order valence-corrected chi connectivity index (χ0v) is 15.6. The summed E-state index contributed by atoms with van der Waals surface area (Å²) in [5.74, 6) is 0.222. The van der Waals surface area contributed by atoms with Gasteiger partial charge in [-0.1, -0.05) is 73.7 Å². The molecule has 3 heteroatoms. The highest BCUT2D eigenvalue weighted by Crippen LogP contribution is 2.42. The van der Waals surface area contributed by atoms with Crippen LogP contribution in [-0.2, 0) is 10.3 Å². The summed E-state index contributed by atoms with van der Waals surface area (Å²) in [5, 5.41) is 3.43. The van der Waals surface area contributed by atoms with Crippen molar-refractivity contribution in [2.75, 3.05) is 14.2 Å². The lowest BCUT2D eigenvalue weighted by Crippen LogP contribution is -2.47. The second-order valence-electron chi connectivity index (χ2n) is 5.88. The molecule has 0 radical (unpaired) electrons. The zero-order chi connectivity index (χ0) is 16.7. The Bertz CT molecular complexity index is 560. The van der Waals surface area contributed by atoms with E-state index in [2.05, 4.69) is 67.4 Å². The summed E-state index contributed by atoms with van der Waals surface area (Å²) < 4.78 is 6.23. The van der Waals surface area contributed by atoms with Gasteiger partial charge in [-0.15, -0.1) is 19.0 Å². The average molecular weight is 346 g/mol. The van der Waals surface area contributed by atoms with Gasteiger partial charge in [0.25, 0.3) is 0 Å². The van der Waals surface area contributed by atoms with Gasteiger partial charge < -0.3 is 10.1 Å². The fraction of sp³-hybridized carbons (Fsp3) is 0.333. The first-order valence-corrected chi connectivity index (χ1v) is 8.15. The van der Waals surface area contributed by atoms with E-state index in [4.69, 9.17) is 4.74 Å². The monoisotopic (exact) mass is 345 g/mol. The predicted octanol–water partition coefficient (Wildman–Crippen LogP) is 4.80. The molecule has 1 N–H and O–H groups in total. The Morgan fingerprint density at radius 3 is 1.83 bits per heavy atom. The van der Waals surface area contributed by atoms with Gasteiger partial charge in [0.2, 0.25) is 0 Å². The molecule has 0 saturated carbocycles. The summed E-state index contributed by atoms with van der Waals surface area (Å²) in [4.78, 5) is 0. The molecular weight excluding hydrogens is 318 g/mol. The molecule has 2 aromatic rings. The number of ether oxygens (including phenoxy) is 1. The number of hydrogen-bond donors (Lipinski definition) is 1. The third-order valence-electron chi connectivity index (χ3n) is 4.76. The molecule has 2 aromatic carbocycles. The minimum absolute atomic E-state index is 0. The van der Waals surface area contributed by atoms with Crippen molar-refractivity contribution in [3.63, 3.8) is 0 Å². The quantitative estimate of drug-likeness (QED) is 0.694.